The number of benzene rings is 1. The lowest BCUT2D eigenvalue weighted by Gasteiger charge is -2.31. The maximum absolute atomic E-state index is 12.1. The molecule has 0 radical (unpaired) electrons. The lowest BCUT2D eigenvalue weighted by molar-refractivity contribution is -0.926. The van der Waals surface area contributed by atoms with Crippen LogP contribution in [0.4, 0.5) is 0 Å². The second kappa shape index (κ2) is 5.37. The molecule has 0 aliphatic carbocycles. The molecule has 4 nitrogen and oxygen atoms in total. The third-order valence-corrected chi connectivity index (χ3v) is 4.16. The van der Waals surface area contributed by atoms with Crippen LogP contribution in [0.2, 0.25) is 0 Å². The molecule has 0 unspecified atom stereocenters. The highest BCUT2D eigenvalue weighted by atomic mass is 16.1. The molecule has 1 aliphatic heterocycles. The number of aromatic amines is 1. The van der Waals surface area contributed by atoms with Crippen LogP contribution in [0.25, 0.3) is 10.9 Å². The molecule has 3 rings (SSSR count). The fourth-order valence-electron chi connectivity index (χ4n) is 3.52. The number of hydrogen-bond acceptors (Lipinski definition) is 2. The molecule has 0 spiro atoms. The molecule has 20 heavy (non-hydrogen) atoms. The normalized spacial score (nSPS) is 26.8. The Hall–Kier alpha value is -1.68. The monoisotopic (exact) mass is 272 g/mol. The number of aromatic nitrogens is 2. The van der Waals surface area contributed by atoms with Crippen LogP contribution in [-0.2, 0) is 6.54 Å². The summed E-state index contributed by atoms with van der Waals surface area (Å²) in [6, 6.07) is 7.53. The number of piperidine rings is 1. The van der Waals surface area contributed by atoms with E-state index in [4.69, 9.17) is 0 Å². The zero-order valence-corrected chi connectivity index (χ0v) is 12.1. The van der Waals surface area contributed by atoms with Crippen LogP contribution in [0.3, 0.4) is 0 Å². The smallest absolute Gasteiger partial charge is 0.258 e. The van der Waals surface area contributed by atoms with Crippen molar-refractivity contribution in [1.29, 1.82) is 0 Å². The van der Waals surface area contributed by atoms with Gasteiger partial charge in [-0.15, -0.1) is 0 Å². The zero-order chi connectivity index (χ0) is 14.1. The fourth-order valence-corrected chi connectivity index (χ4v) is 3.52. The molecule has 1 aromatic heterocycles. The molecule has 1 aromatic carbocycles. The Kier molecular flexibility index (Phi) is 3.57. The summed E-state index contributed by atoms with van der Waals surface area (Å²) in [5.41, 5.74) is 0.770. The first-order chi connectivity index (χ1) is 9.61. The summed E-state index contributed by atoms with van der Waals surface area (Å²) in [5.74, 6) is 2.31. The van der Waals surface area contributed by atoms with Gasteiger partial charge in [0, 0.05) is 11.8 Å². The van der Waals surface area contributed by atoms with Crippen LogP contribution in [0.5, 0.6) is 0 Å². The van der Waals surface area contributed by atoms with Crippen molar-refractivity contribution in [2.75, 3.05) is 13.1 Å². The maximum Gasteiger partial charge on any atom is 0.258 e. The third-order valence-electron chi connectivity index (χ3n) is 4.16. The van der Waals surface area contributed by atoms with E-state index in [1.165, 1.54) is 24.4 Å². The molecular formula is C16H22N3O+. The molecule has 1 saturated heterocycles. The van der Waals surface area contributed by atoms with Crippen LogP contribution in [0.1, 0.15) is 26.1 Å². The minimum absolute atomic E-state index is 0.0249. The van der Waals surface area contributed by atoms with Crippen LogP contribution < -0.4 is 10.5 Å². The zero-order valence-electron chi connectivity index (χ0n) is 12.1. The minimum atomic E-state index is -0.0249. The second-order valence-corrected chi connectivity index (χ2v) is 6.31. The van der Waals surface area contributed by atoms with Gasteiger partial charge in [-0.25, -0.2) is 4.98 Å². The van der Waals surface area contributed by atoms with Crippen molar-refractivity contribution in [2.45, 2.75) is 26.8 Å². The molecule has 0 bridgehead atoms. The van der Waals surface area contributed by atoms with E-state index in [9.17, 15) is 4.79 Å². The van der Waals surface area contributed by atoms with Crippen molar-refractivity contribution in [3.05, 3.63) is 40.4 Å². The van der Waals surface area contributed by atoms with Gasteiger partial charge in [0.25, 0.3) is 5.56 Å². The number of hydrogen-bond donors (Lipinski definition) is 2. The molecule has 0 saturated carbocycles. The first-order valence-electron chi connectivity index (χ1n) is 7.43. The SMILES string of the molecule is C[C@H]1C[C@H](C)C[NH+](Cc2nc3ccccc3c(=O)[nH]2)C1. The van der Waals surface area contributed by atoms with Crippen molar-refractivity contribution < 1.29 is 4.90 Å². The van der Waals surface area contributed by atoms with Gasteiger partial charge < -0.3 is 9.88 Å². The van der Waals surface area contributed by atoms with Gasteiger partial charge in [0.05, 0.1) is 24.0 Å². The summed E-state index contributed by atoms with van der Waals surface area (Å²) < 4.78 is 0. The summed E-state index contributed by atoms with van der Waals surface area (Å²) >= 11 is 0. The van der Waals surface area contributed by atoms with E-state index >= 15 is 0 Å². The largest absolute Gasteiger partial charge is 0.328 e. The Morgan fingerprint density at radius 2 is 1.95 bits per heavy atom. The van der Waals surface area contributed by atoms with Gasteiger partial charge >= 0.3 is 0 Å². The fraction of sp³-hybridized carbons (Fsp3) is 0.500. The van der Waals surface area contributed by atoms with Crippen LogP contribution in [0.15, 0.2) is 29.1 Å². The standard InChI is InChI=1S/C16H21N3O/c1-11-7-12(2)9-19(8-11)10-15-17-14-6-4-3-5-13(14)16(20)18-15/h3-6,11-12H,7-10H2,1-2H3,(H,17,18,20)/p+1/t11-,12-/m0/s1. The lowest BCUT2D eigenvalue weighted by atomic mass is 9.92. The summed E-state index contributed by atoms with van der Waals surface area (Å²) in [5, 5.41) is 0.673. The highest BCUT2D eigenvalue weighted by Crippen LogP contribution is 2.12. The van der Waals surface area contributed by atoms with E-state index in [-0.39, 0.29) is 5.56 Å². The lowest BCUT2D eigenvalue weighted by Crippen LogP contribution is -3.13. The van der Waals surface area contributed by atoms with Gasteiger partial charge in [-0.1, -0.05) is 26.0 Å². The third kappa shape index (κ3) is 2.75. The predicted molar refractivity (Wildman–Crippen MR) is 79.7 cm³/mol. The number of rotatable bonds is 2. The van der Waals surface area contributed by atoms with Gasteiger partial charge in [0.15, 0.2) is 5.82 Å². The highest BCUT2D eigenvalue weighted by Gasteiger charge is 2.25. The van der Waals surface area contributed by atoms with Gasteiger partial charge in [0.2, 0.25) is 0 Å². The van der Waals surface area contributed by atoms with Crippen molar-refractivity contribution in [3.8, 4) is 0 Å². The van der Waals surface area contributed by atoms with Crippen molar-refractivity contribution in [1.82, 2.24) is 9.97 Å². The van der Waals surface area contributed by atoms with Gasteiger partial charge in [-0.05, 0) is 18.6 Å². The van der Waals surface area contributed by atoms with E-state index in [1.54, 1.807) is 0 Å². The number of para-hydroxylation sites is 1. The Morgan fingerprint density at radius 1 is 1.25 bits per heavy atom. The Bertz CT molecular complexity index is 654. The number of fused-ring (bicyclic) bond motifs is 1. The molecule has 1 aliphatic rings. The van der Waals surface area contributed by atoms with Crippen molar-refractivity contribution in [3.63, 3.8) is 0 Å². The van der Waals surface area contributed by atoms with E-state index in [1.807, 2.05) is 24.3 Å². The molecule has 2 aromatic rings. The molecule has 106 valence electrons. The first-order valence-corrected chi connectivity index (χ1v) is 7.43. The summed E-state index contributed by atoms with van der Waals surface area (Å²) in [6.45, 7) is 7.77. The highest BCUT2D eigenvalue weighted by molar-refractivity contribution is 5.77. The van der Waals surface area contributed by atoms with Gasteiger partial charge in [-0.2, -0.15) is 0 Å². The average Bonchev–Trinajstić information content (AvgIpc) is 2.37. The molecule has 0 amide bonds. The molecule has 2 heterocycles. The summed E-state index contributed by atoms with van der Waals surface area (Å²) in [6.07, 6.45) is 1.31. The molecule has 2 N–H and O–H groups in total. The van der Waals surface area contributed by atoms with Crippen LogP contribution in [0, 0.1) is 11.8 Å². The Labute approximate surface area is 118 Å². The second-order valence-electron chi connectivity index (χ2n) is 6.31. The molecule has 1 fully saturated rings. The topological polar surface area (TPSA) is 50.2 Å². The van der Waals surface area contributed by atoms with Crippen molar-refractivity contribution >= 4 is 10.9 Å². The van der Waals surface area contributed by atoms with Gasteiger partial charge in [0.1, 0.15) is 6.54 Å². The average molecular weight is 272 g/mol. The van der Waals surface area contributed by atoms with Gasteiger partial charge in [-0.3, -0.25) is 4.79 Å². The molecule has 4 heteroatoms. The Balaban J connectivity index is 1.86. The first kappa shape index (κ1) is 13.3. The number of likely N-dealkylation sites (tertiary alicyclic amines) is 1. The molecular weight excluding hydrogens is 250 g/mol. The number of nitrogens with one attached hydrogen (secondary N) is 2. The number of quaternary nitrogens is 1. The molecule has 2 atom stereocenters. The summed E-state index contributed by atoms with van der Waals surface area (Å²) in [4.78, 5) is 21.1. The van der Waals surface area contributed by atoms with Crippen LogP contribution in [-0.4, -0.2) is 23.1 Å². The van der Waals surface area contributed by atoms with E-state index < -0.39 is 0 Å². The maximum atomic E-state index is 12.1. The number of nitrogens with zero attached hydrogens (tertiary/aromatic N) is 1. The van der Waals surface area contributed by atoms with Crippen molar-refractivity contribution in [2.24, 2.45) is 11.8 Å². The van der Waals surface area contributed by atoms with E-state index in [2.05, 4.69) is 23.8 Å². The quantitative estimate of drug-likeness (QED) is 0.856. The Morgan fingerprint density at radius 3 is 2.70 bits per heavy atom. The van der Waals surface area contributed by atoms with E-state index in [0.29, 0.717) is 5.39 Å². The number of H-pyrrole nitrogens is 1. The minimum Gasteiger partial charge on any atom is -0.328 e. The predicted octanol–water partition coefficient (Wildman–Crippen LogP) is 0.984. The van der Waals surface area contributed by atoms with Crippen LogP contribution >= 0.6 is 0 Å². The van der Waals surface area contributed by atoms with E-state index in [0.717, 1.165) is 29.7 Å². The summed E-state index contributed by atoms with van der Waals surface area (Å²) in [7, 11) is 0.